The molecule has 5 rings (SSSR count). The van der Waals surface area contributed by atoms with E-state index < -0.39 is 30.4 Å². The summed E-state index contributed by atoms with van der Waals surface area (Å²) in [6, 6.07) is 13.7. The molecule has 0 aliphatic rings. The van der Waals surface area contributed by atoms with Crippen molar-refractivity contribution < 1.29 is 36.7 Å². The van der Waals surface area contributed by atoms with E-state index in [0.29, 0.717) is 32.4 Å². The van der Waals surface area contributed by atoms with Crippen molar-refractivity contribution in [3.63, 3.8) is 0 Å². The number of esters is 1. The predicted molar refractivity (Wildman–Crippen MR) is 153 cm³/mol. The molecule has 2 N–H and O–H groups in total. The summed E-state index contributed by atoms with van der Waals surface area (Å²) in [6.45, 7) is 0.310. The number of ketones is 1. The highest BCUT2D eigenvalue weighted by atomic mass is 35.5. The Balaban J connectivity index is 1.65. The molecule has 0 saturated heterocycles. The van der Waals surface area contributed by atoms with Crippen LogP contribution in [0.5, 0.6) is 0 Å². The number of fused-ring (bicyclic) bond motifs is 1. The van der Waals surface area contributed by atoms with Gasteiger partial charge in [0, 0.05) is 34.3 Å². The number of benzene rings is 2. The maximum atomic E-state index is 12.8. The van der Waals surface area contributed by atoms with Gasteiger partial charge < -0.3 is 14.5 Å². The molecule has 0 saturated carbocycles. The number of carbonyl (C=O) groups is 3. The fraction of sp³-hybridized carbons (Fsp3) is 0.138. The first-order chi connectivity index (χ1) is 20.5. The van der Waals surface area contributed by atoms with E-state index in [2.05, 4.69) is 25.2 Å². The number of ether oxygens (including phenoxy) is 1. The van der Waals surface area contributed by atoms with E-state index in [1.807, 2.05) is 6.07 Å². The van der Waals surface area contributed by atoms with Gasteiger partial charge in [-0.15, -0.1) is 0 Å². The van der Waals surface area contributed by atoms with E-state index in [9.17, 15) is 27.6 Å². The average Bonchev–Trinajstić information content (AvgIpc) is 3.63. The van der Waals surface area contributed by atoms with Crippen molar-refractivity contribution in [3.8, 4) is 33.5 Å². The number of anilines is 1. The Hall–Kier alpha value is -4.68. The number of furan rings is 1. The molecule has 0 aliphatic carbocycles. The van der Waals surface area contributed by atoms with Crippen LogP contribution in [0.25, 0.3) is 44.6 Å². The summed E-state index contributed by atoms with van der Waals surface area (Å²) in [5.74, 6) is -4.45. The molecular weight excluding hydrogens is 612 g/mol. The molecule has 220 valence electrons. The maximum Gasteiger partial charge on any atom is 0.490 e. The predicted octanol–water partition coefficient (Wildman–Crippen LogP) is 7.50. The first-order valence-corrected chi connectivity index (χ1v) is 13.3. The van der Waals surface area contributed by atoms with Crippen LogP contribution in [-0.4, -0.2) is 45.6 Å². The molecule has 0 bridgehead atoms. The maximum absolute atomic E-state index is 12.8. The highest BCUT2D eigenvalue weighted by Crippen LogP contribution is 2.41. The van der Waals surface area contributed by atoms with E-state index in [4.69, 9.17) is 27.6 Å². The van der Waals surface area contributed by atoms with Gasteiger partial charge in [0.05, 0.1) is 22.3 Å². The summed E-state index contributed by atoms with van der Waals surface area (Å²) < 4.78 is 47.4. The lowest BCUT2D eigenvalue weighted by atomic mass is 9.96. The molecule has 0 spiro atoms. The Morgan fingerprint density at radius 2 is 1.72 bits per heavy atom. The lowest BCUT2D eigenvalue weighted by molar-refractivity contribution is -0.199. The summed E-state index contributed by atoms with van der Waals surface area (Å²) in [5, 5.41) is 10.0. The van der Waals surface area contributed by atoms with Crippen LogP contribution >= 0.6 is 23.2 Å². The monoisotopic (exact) mass is 630 g/mol. The lowest BCUT2D eigenvalue weighted by Gasteiger charge is -2.13. The average molecular weight is 631 g/mol. The minimum atomic E-state index is -5.28. The van der Waals surface area contributed by atoms with Crippen molar-refractivity contribution in [2.45, 2.75) is 19.5 Å². The topological polar surface area (TPSA) is 127 Å². The van der Waals surface area contributed by atoms with Crippen LogP contribution in [0.1, 0.15) is 23.9 Å². The van der Waals surface area contributed by atoms with E-state index in [-0.39, 0.29) is 29.0 Å². The number of hydrogen-bond acceptors (Lipinski definition) is 7. The first kappa shape index (κ1) is 29.8. The van der Waals surface area contributed by atoms with Crippen LogP contribution in [0.4, 0.5) is 18.9 Å². The molecule has 5 aromatic rings. The summed E-state index contributed by atoms with van der Waals surface area (Å²) in [5.41, 5.74) is 3.46. The minimum Gasteiger partial charge on any atom is -0.449 e. The number of nitrogens with one attached hydrogen (secondary N) is 2. The number of amides is 1. The zero-order chi connectivity index (χ0) is 30.9. The van der Waals surface area contributed by atoms with Gasteiger partial charge in [0.1, 0.15) is 5.69 Å². The Bertz CT molecular complexity index is 1850. The van der Waals surface area contributed by atoms with Crippen molar-refractivity contribution >= 4 is 57.6 Å². The molecule has 2 aromatic carbocycles. The van der Waals surface area contributed by atoms with Gasteiger partial charge in [0.2, 0.25) is 5.71 Å². The van der Waals surface area contributed by atoms with Gasteiger partial charge in [0.25, 0.3) is 5.91 Å². The van der Waals surface area contributed by atoms with Crippen molar-refractivity contribution in [2.24, 2.45) is 0 Å². The van der Waals surface area contributed by atoms with E-state index in [1.54, 1.807) is 61.8 Å². The summed E-state index contributed by atoms with van der Waals surface area (Å²) in [4.78, 5) is 41.1. The lowest BCUT2D eigenvalue weighted by Crippen LogP contribution is -2.29. The van der Waals surface area contributed by atoms with Crippen LogP contribution in [0.3, 0.4) is 0 Å². The van der Waals surface area contributed by atoms with Crippen molar-refractivity contribution in [1.29, 1.82) is 0 Å². The summed E-state index contributed by atoms with van der Waals surface area (Å²) in [7, 11) is 0. The zero-order valence-corrected chi connectivity index (χ0v) is 23.5. The van der Waals surface area contributed by atoms with Crippen molar-refractivity contribution in [3.05, 3.63) is 76.7 Å². The minimum absolute atomic E-state index is 0.0239. The van der Waals surface area contributed by atoms with Crippen molar-refractivity contribution in [1.82, 2.24) is 15.2 Å². The Labute approximate surface area is 251 Å². The SMILES string of the molecule is CCC(=O)c1oc2nc(-c3ccc(-c4cn[nH]c4)cc3Cl)c(-c3ccc(Cl)cc3)cc2c1NC(=O)COC(=O)C(F)(F)F. The molecule has 1 amide bonds. The third kappa shape index (κ3) is 6.25. The number of aromatic nitrogens is 3. The van der Waals surface area contributed by atoms with Crippen LogP contribution < -0.4 is 5.32 Å². The van der Waals surface area contributed by atoms with Gasteiger partial charge in [-0.1, -0.05) is 54.4 Å². The molecule has 3 aromatic heterocycles. The second kappa shape index (κ2) is 11.9. The Kier molecular flexibility index (Phi) is 8.25. The third-order valence-corrected chi connectivity index (χ3v) is 6.86. The number of aromatic amines is 1. The zero-order valence-electron chi connectivity index (χ0n) is 22.0. The number of H-pyrrole nitrogens is 1. The van der Waals surface area contributed by atoms with Crippen LogP contribution in [-0.2, 0) is 14.3 Å². The highest BCUT2D eigenvalue weighted by Gasteiger charge is 2.41. The second-order valence-corrected chi connectivity index (χ2v) is 9.97. The van der Waals surface area contributed by atoms with Crippen LogP contribution in [0.2, 0.25) is 10.0 Å². The first-order valence-electron chi connectivity index (χ1n) is 12.6. The normalized spacial score (nSPS) is 11.5. The number of nitrogens with zero attached hydrogens (tertiary/aromatic N) is 2. The second-order valence-electron chi connectivity index (χ2n) is 9.13. The fourth-order valence-corrected chi connectivity index (χ4v) is 4.64. The van der Waals surface area contributed by atoms with Gasteiger partial charge in [-0.3, -0.25) is 14.7 Å². The van der Waals surface area contributed by atoms with E-state index in [0.717, 1.165) is 11.1 Å². The summed E-state index contributed by atoms with van der Waals surface area (Å²) >= 11 is 12.8. The number of halogens is 5. The van der Waals surface area contributed by atoms with E-state index in [1.165, 1.54) is 0 Å². The number of pyridine rings is 1. The number of rotatable bonds is 8. The number of Topliss-reactive ketones (excluding diaryl/α,β-unsaturated/α-hetero) is 1. The van der Waals surface area contributed by atoms with Gasteiger partial charge in [0.15, 0.2) is 18.2 Å². The third-order valence-electron chi connectivity index (χ3n) is 6.30. The molecule has 0 radical (unpaired) electrons. The fourth-order valence-electron chi connectivity index (χ4n) is 4.24. The molecule has 43 heavy (non-hydrogen) atoms. The quantitative estimate of drug-likeness (QED) is 0.134. The largest absolute Gasteiger partial charge is 0.490 e. The standard InChI is InChI=1S/C29H19Cl2F3N4O5/c1-2-22(39)26-25(37-23(40)13-42-28(41)29(32,33)34)20-10-19(14-3-6-17(30)7-4-14)24(38-27(20)43-26)18-8-5-15(9-21(18)31)16-11-35-36-12-16/h3-12H,2,13H2,1H3,(H,35,36)(H,37,40). The molecular formula is C29H19Cl2F3N4O5. The number of hydrogen-bond donors (Lipinski definition) is 2. The molecule has 14 heteroatoms. The molecule has 9 nitrogen and oxygen atoms in total. The van der Waals surface area contributed by atoms with Crippen molar-refractivity contribution in [2.75, 3.05) is 11.9 Å². The molecule has 0 atom stereocenters. The Morgan fingerprint density at radius 1 is 1.00 bits per heavy atom. The summed E-state index contributed by atoms with van der Waals surface area (Å²) in [6.07, 6.45) is -1.95. The molecule has 0 fully saturated rings. The van der Waals surface area contributed by atoms with Gasteiger partial charge in [-0.25, -0.2) is 9.78 Å². The molecule has 3 heterocycles. The molecule has 0 aliphatic heterocycles. The van der Waals surface area contributed by atoms with Gasteiger partial charge in [-0.05, 0) is 35.4 Å². The Morgan fingerprint density at radius 3 is 2.35 bits per heavy atom. The van der Waals surface area contributed by atoms with E-state index >= 15 is 0 Å². The van der Waals surface area contributed by atoms with Gasteiger partial charge in [-0.2, -0.15) is 18.3 Å². The number of carbonyl (C=O) groups excluding carboxylic acids is 3. The molecule has 0 unspecified atom stereocenters. The smallest absolute Gasteiger partial charge is 0.449 e. The van der Waals surface area contributed by atoms with Crippen LogP contribution in [0.15, 0.2) is 65.3 Å². The van der Waals surface area contributed by atoms with Gasteiger partial charge >= 0.3 is 12.1 Å². The van der Waals surface area contributed by atoms with Crippen LogP contribution in [0, 0.1) is 0 Å². The highest BCUT2D eigenvalue weighted by molar-refractivity contribution is 6.34. The number of alkyl halides is 3.